The molecule has 582 valence electrons. The van der Waals surface area contributed by atoms with Gasteiger partial charge in [-0.05, 0) is 238 Å². The van der Waals surface area contributed by atoms with Crippen molar-refractivity contribution in [3.8, 4) is 22.5 Å². The topological polar surface area (TPSA) is 295 Å². The number of hydrogen-bond acceptors (Lipinski definition) is 18. The van der Waals surface area contributed by atoms with E-state index in [9.17, 15) is 64.0 Å². The van der Waals surface area contributed by atoms with Crippen molar-refractivity contribution in [2.24, 2.45) is 0 Å². The standard InChI is InChI=1S/C25H17ClF2N4O4S2.C24H23BClF2NO6S2.C19H14ClFN4O2S.C7H5BrN2/c1-16-10-11-31-23(15-29-24(31)12-16)17-13-22(25(26)30-14-17)32(37(33,34)20-6-2-18(27)3-7-20)38(35,36)21-8-4-19(28)5-9-21;1-23(2)24(3,4)35-25(34-23)15-13-20(21(26)29-14-15)22(36(30,31)18-9-5-16(27)6-10-18)37(32,33)19-11-7-17(28)8-12-19;1-12-6-7-25-17(11-22-18(25)8-12)13-9-16(19(20)23-10-13)24-28(26,27)15-4-2-14(21)3-5-15;8-6-5-9-7-3-1-2-4-10(6)7/h2-15H,1H3;5-14,22H,1-4H3;2-11,24H,1H3;1-5H. The third kappa shape index (κ3) is 17.5. The molecule has 0 unspecified atom stereocenters. The van der Waals surface area contributed by atoms with E-state index in [4.69, 9.17) is 44.1 Å². The number of sulfonamides is 3. The second-order valence-corrected chi connectivity index (χ2v) is 37.7. The van der Waals surface area contributed by atoms with Gasteiger partial charge in [0, 0.05) is 59.3 Å². The second-order valence-electron chi connectivity index (χ2n) is 26.0. The SMILES string of the molecule is Brc1cnc2ccccn12.CC1(C)OB(c2cnc(Cl)c(C(S(=O)(=O)c3ccc(F)cc3)S(=O)(=O)c3ccc(F)cc3)c2)OC1(C)C.Cc1ccn2c(-c3cnc(Cl)c(N(S(=O)(=O)c4ccc(F)cc4)S(=O)(=O)c4ccc(F)cc4)c3)cnc2c1.Cc1ccn2c(-c3cnc(Cl)c(NS(=O)(=O)c4ccc(F)cc4)c3)cnc2c1. The van der Waals surface area contributed by atoms with Crippen LogP contribution in [0.15, 0.2) is 267 Å². The summed E-state index contributed by atoms with van der Waals surface area (Å²) in [5, 5.41) is -0.824. The molecule has 0 atom stereocenters. The molecule has 5 aromatic carbocycles. The molecule has 113 heavy (non-hydrogen) atoms. The number of anilines is 2. The van der Waals surface area contributed by atoms with Gasteiger partial charge in [0.25, 0.3) is 30.1 Å². The highest BCUT2D eigenvalue weighted by Gasteiger charge is 2.53. The lowest BCUT2D eigenvalue weighted by Gasteiger charge is -2.32. The quantitative estimate of drug-likeness (QED) is 0.0407. The van der Waals surface area contributed by atoms with Crippen LogP contribution in [0.5, 0.6) is 0 Å². The lowest BCUT2D eigenvalue weighted by atomic mass is 9.80. The van der Waals surface area contributed by atoms with Crippen LogP contribution >= 0.6 is 50.7 Å². The van der Waals surface area contributed by atoms with Gasteiger partial charge >= 0.3 is 7.12 Å². The van der Waals surface area contributed by atoms with Gasteiger partial charge in [-0.3, -0.25) is 17.9 Å². The first-order valence-corrected chi connectivity index (χ1v) is 42.5. The van der Waals surface area contributed by atoms with Crippen LogP contribution in [0, 0.1) is 42.9 Å². The molecule has 0 bridgehead atoms. The van der Waals surface area contributed by atoms with E-state index >= 15 is 0 Å². The minimum Gasteiger partial charge on any atom is -0.399 e. The van der Waals surface area contributed by atoms with E-state index < -0.39 is 132 Å². The maximum atomic E-state index is 13.8. The number of halogens is 9. The van der Waals surface area contributed by atoms with Gasteiger partial charge in [-0.25, -0.2) is 93.9 Å². The average Bonchev–Trinajstić information content (AvgIpc) is 1.28. The fourth-order valence-corrected chi connectivity index (χ4v) is 21.8. The lowest BCUT2D eigenvalue weighted by molar-refractivity contribution is 0.00578. The summed E-state index contributed by atoms with van der Waals surface area (Å²) in [4.78, 5) is 23.0. The number of benzene rings is 5. The number of sulfone groups is 2. The number of pyridine rings is 6. The van der Waals surface area contributed by atoms with Crippen molar-refractivity contribution >= 4 is 141 Å². The van der Waals surface area contributed by atoms with Gasteiger partial charge in [-0.2, -0.15) is 3.71 Å². The van der Waals surface area contributed by atoms with Gasteiger partial charge in [0.2, 0.25) is 0 Å². The van der Waals surface area contributed by atoms with Crippen LogP contribution in [0.1, 0.15) is 49.0 Å². The fraction of sp³-hybridized carbons (Fsp3) is 0.120. The summed E-state index contributed by atoms with van der Waals surface area (Å²) in [7, 11) is -24.2. The summed E-state index contributed by atoms with van der Waals surface area (Å²) in [6, 6.07) is 36.7. The van der Waals surface area contributed by atoms with Crippen LogP contribution in [0.4, 0.5) is 33.3 Å². The zero-order chi connectivity index (χ0) is 81.5. The molecule has 23 nitrogen and oxygen atoms in total. The van der Waals surface area contributed by atoms with Crippen molar-refractivity contribution in [2.75, 3.05) is 8.43 Å². The van der Waals surface area contributed by atoms with Gasteiger partial charge in [0.1, 0.15) is 61.5 Å². The zero-order valence-electron chi connectivity index (χ0n) is 59.5. The first-order valence-electron chi connectivity index (χ1n) is 33.1. The molecule has 15 rings (SSSR count). The molecule has 38 heteroatoms. The van der Waals surface area contributed by atoms with E-state index in [0.29, 0.717) is 22.5 Å². The molecule has 0 saturated carbocycles. The Morgan fingerprint density at radius 2 is 0.850 bits per heavy atom. The monoisotopic (exact) mass is 1760 g/mol. The molecular formula is C75H59BBrCl3F5N11O12S5. The minimum atomic E-state index is -4.90. The van der Waals surface area contributed by atoms with Crippen LogP contribution in [-0.2, 0) is 59.1 Å². The molecule has 1 saturated heterocycles. The van der Waals surface area contributed by atoms with E-state index in [1.54, 1.807) is 35.3 Å². The Kier molecular flexibility index (Phi) is 23.7. The van der Waals surface area contributed by atoms with Crippen molar-refractivity contribution in [3.05, 3.63) is 304 Å². The number of aromatic nitrogens is 9. The van der Waals surface area contributed by atoms with E-state index in [0.717, 1.165) is 142 Å². The summed E-state index contributed by atoms with van der Waals surface area (Å²) in [6.07, 6.45) is 14.8. The molecule has 9 aromatic heterocycles. The number of hydrogen-bond donors (Lipinski definition) is 1. The van der Waals surface area contributed by atoms with Gasteiger partial charge in [-0.1, -0.05) is 46.9 Å². The molecule has 0 spiro atoms. The third-order valence-electron chi connectivity index (χ3n) is 17.7. The van der Waals surface area contributed by atoms with Gasteiger partial charge in [0.05, 0.1) is 71.3 Å². The maximum absolute atomic E-state index is 13.8. The van der Waals surface area contributed by atoms with Crippen molar-refractivity contribution in [1.29, 1.82) is 0 Å². The Bertz CT molecular complexity index is 6410. The summed E-state index contributed by atoms with van der Waals surface area (Å²) in [5.74, 6) is -3.38. The number of rotatable bonds is 16. The molecule has 14 aromatic rings. The van der Waals surface area contributed by atoms with E-state index in [1.165, 1.54) is 42.9 Å². The smallest absolute Gasteiger partial charge is 0.399 e. The second kappa shape index (κ2) is 32.4. The Hall–Kier alpha value is -10.0. The van der Waals surface area contributed by atoms with E-state index in [1.807, 2.05) is 105 Å². The maximum Gasteiger partial charge on any atom is 0.496 e. The Balaban J connectivity index is 0.000000149. The van der Waals surface area contributed by atoms with Crippen LogP contribution in [-0.4, -0.2) is 104 Å². The summed E-state index contributed by atoms with van der Waals surface area (Å²) < 4.78 is 222. The molecule has 0 amide bonds. The van der Waals surface area contributed by atoms with Crippen LogP contribution in [0.25, 0.3) is 39.5 Å². The molecule has 10 heterocycles. The van der Waals surface area contributed by atoms with E-state index in [2.05, 4.69) is 50.6 Å². The minimum absolute atomic E-state index is 0.000831. The lowest BCUT2D eigenvalue weighted by Crippen LogP contribution is -2.41. The fourth-order valence-electron chi connectivity index (χ4n) is 11.2. The number of nitrogens with zero attached hydrogens (tertiary/aromatic N) is 10. The molecule has 1 fully saturated rings. The largest absolute Gasteiger partial charge is 0.496 e. The van der Waals surface area contributed by atoms with E-state index in [-0.39, 0.29) is 35.6 Å². The molecular weight excluding hydrogens is 1700 g/mol. The highest BCUT2D eigenvalue weighted by Crippen LogP contribution is 2.43. The zero-order valence-corrected chi connectivity index (χ0v) is 67.4. The Morgan fingerprint density at radius 3 is 1.30 bits per heavy atom. The number of aryl methyl sites for hydroxylation is 2. The summed E-state index contributed by atoms with van der Waals surface area (Å²) >= 11 is 22.1. The Labute approximate surface area is 669 Å². The highest BCUT2D eigenvalue weighted by atomic mass is 79.9. The van der Waals surface area contributed by atoms with Crippen LogP contribution in [0.2, 0.25) is 15.5 Å². The molecule has 1 aliphatic rings. The van der Waals surface area contributed by atoms with Crippen LogP contribution in [0.3, 0.4) is 0 Å². The van der Waals surface area contributed by atoms with Crippen molar-refractivity contribution < 1.29 is 73.3 Å². The normalized spacial score (nSPS) is 13.6. The first kappa shape index (κ1) is 82.4. The third-order valence-corrected chi connectivity index (χ3v) is 29.8. The predicted molar refractivity (Wildman–Crippen MR) is 421 cm³/mol. The molecule has 1 N–H and O–H groups in total. The number of nitrogens with one attached hydrogen (secondary N) is 1. The molecule has 0 aliphatic carbocycles. The number of imidazole rings is 3. The summed E-state index contributed by atoms with van der Waals surface area (Å²) in [5.41, 5.74) is 4.59. The molecule has 0 radical (unpaired) electrons. The van der Waals surface area contributed by atoms with Crippen molar-refractivity contribution in [1.82, 2.24) is 43.1 Å². The number of fused-ring (bicyclic) bond motifs is 3. The van der Waals surface area contributed by atoms with Gasteiger partial charge in [-0.15, -0.1) is 0 Å². The first-order chi connectivity index (χ1) is 53.2. The van der Waals surface area contributed by atoms with Gasteiger partial charge < -0.3 is 9.31 Å². The van der Waals surface area contributed by atoms with Crippen LogP contribution < -0.4 is 13.9 Å². The average molecular weight is 1760 g/mol. The highest BCUT2D eigenvalue weighted by molar-refractivity contribution is 9.10. The Morgan fingerprint density at radius 1 is 0.442 bits per heavy atom. The van der Waals surface area contributed by atoms with Crippen molar-refractivity contribution in [3.63, 3.8) is 0 Å². The summed E-state index contributed by atoms with van der Waals surface area (Å²) in [6.45, 7) is 11.1. The van der Waals surface area contributed by atoms with Crippen molar-refractivity contribution in [2.45, 2.75) is 81.8 Å². The molecule has 1 aliphatic heterocycles. The predicted octanol–water partition coefficient (Wildman–Crippen LogP) is 15.9. The van der Waals surface area contributed by atoms with Gasteiger partial charge in [0.15, 0.2) is 34.6 Å².